The maximum atomic E-state index is 15.0. The third-order valence-electron chi connectivity index (χ3n) is 4.38. The van der Waals surface area contributed by atoms with Crippen LogP contribution in [0, 0.1) is 11.6 Å². The zero-order chi connectivity index (χ0) is 18.3. The molecule has 0 atom stereocenters. The molecular formula is C16H17F2N3O3S. The molecule has 2 aromatic rings. The maximum Gasteiger partial charge on any atom is 0.340 e. The van der Waals surface area contributed by atoms with Crippen molar-refractivity contribution in [3.63, 3.8) is 0 Å². The molecule has 9 heteroatoms. The second kappa shape index (κ2) is 6.57. The predicted octanol–water partition coefficient (Wildman–Crippen LogP) is 2.03. The quantitative estimate of drug-likeness (QED) is 0.863. The van der Waals surface area contributed by atoms with E-state index >= 15 is 8.78 Å². The van der Waals surface area contributed by atoms with Gasteiger partial charge in [0.25, 0.3) is 0 Å². The first kappa shape index (κ1) is 17.6. The van der Waals surface area contributed by atoms with Crippen molar-refractivity contribution in [2.75, 3.05) is 50.5 Å². The zero-order valence-electron chi connectivity index (χ0n) is 13.7. The molecule has 1 aromatic heterocycles. The molecule has 0 aliphatic carbocycles. The summed E-state index contributed by atoms with van der Waals surface area (Å²) in [7, 11) is 3.35. The van der Waals surface area contributed by atoms with Gasteiger partial charge in [-0.05, 0) is 7.05 Å². The summed E-state index contributed by atoms with van der Waals surface area (Å²) in [5, 5.41) is 12.5. The third-order valence-corrected chi connectivity index (χ3v) is 5.35. The van der Waals surface area contributed by atoms with Crippen LogP contribution in [0.15, 0.2) is 10.2 Å². The van der Waals surface area contributed by atoms with Gasteiger partial charge in [0.2, 0.25) is 5.43 Å². The summed E-state index contributed by atoms with van der Waals surface area (Å²) in [5.74, 6) is -3.12. The fourth-order valence-electron chi connectivity index (χ4n) is 2.98. The number of aromatic carboxylic acids is 1. The average Bonchev–Trinajstić information content (AvgIpc) is 2.57. The lowest BCUT2D eigenvalue weighted by Crippen LogP contribution is -2.45. The number of carboxylic acid groups (broad SMARTS) is 1. The van der Waals surface area contributed by atoms with Gasteiger partial charge in [-0.2, -0.15) is 0 Å². The number of anilines is 2. The highest BCUT2D eigenvalue weighted by atomic mass is 32.1. The molecule has 0 unspecified atom stereocenters. The van der Waals surface area contributed by atoms with Gasteiger partial charge in [-0.15, -0.1) is 11.3 Å². The number of rotatable bonds is 3. The highest BCUT2D eigenvalue weighted by Crippen LogP contribution is 2.38. The molecule has 0 amide bonds. The summed E-state index contributed by atoms with van der Waals surface area (Å²) < 4.78 is 30.0. The molecule has 6 nitrogen and oxygen atoms in total. The first-order valence-corrected chi connectivity index (χ1v) is 8.55. The molecule has 134 valence electrons. The van der Waals surface area contributed by atoms with Crippen molar-refractivity contribution < 1.29 is 18.7 Å². The molecule has 0 radical (unpaired) electrons. The molecule has 1 saturated heterocycles. The fraction of sp³-hybridized carbons (Fsp3) is 0.375. The minimum absolute atomic E-state index is 0.0466. The van der Waals surface area contributed by atoms with E-state index in [0.29, 0.717) is 26.2 Å². The SMILES string of the molecule is CNc1c(F)c(N2CCN(C)CC2)c(F)c2scc(C(=O)O)c(=O)c12. The summed E-state index contributed by atoms with van der Waals surface area (Å²) in [6, 6.07) is 0. The molecule has 2 N–H and O–H groups in total. The Morgan fingerprint density at radius 3 is 2.44 bits per heavy atom. The molecule has 0 spiro atoms. The highest BCUT2D eigenvalue weighted by molar-refractivity contribution is 7.17. The second-order valence-electron chi connectivity index (χ2n) is 5.88. The van der Waals surface area contributed by atoms with Crippen molar-refractivity contribution in [3.8, 4) is 0 Å². The summed E-state index contributed by atoms with van der Waals surface area (Å²) in [5.41, 5.74) is -1.74. The zero-order valence-corrected chi connectivity index (χ0v) is 14.5. The summed E-state index contributed by atoms with van der Waals surface area (Å²) in [6.07, 6.45) is 0. The smallest absolute Gasteiger partial charge is 0.340 e. The monoisotopic (exact) mass is 369 g/mol. The van der Waals surface area contributed by atoms with E-state index in [1.165, 1.54) is 7.05 Å². The van der Waals surface area contributed by atoms with Crippen LogP contribution in [0.1, 0.15) is 10.4 Å². The number of piperazine rings is 1. The van der Waals surface area contributed by atoms with Gasteiger partial charge >= 0.3 is 5.97 Å². The molecular weight excluding hydrogens is 352 g/mol. The third kappa shape index (κ3) is 2.83. The van der Waals surface area contributed by atoms with E-state index in [1.54, 1.807) is 4.90 Å². The number of hydrogen-bond acceptors (Lipinski definition) is 6. The minimum Gasteiger partial charge on any atom is -0.478 e. The lowest BCUT2D eigenvalue weighted by molar-refractivity contribution is 0.0696. The standard InChI is InChI=1S/C16H17F2N3O3S/c1-19-12-9-14(22)8(16(23)24)7-25-15(9)11(18)13(10(12)17)21-5-3-20(2)4-6-21/h7,19H,3-6H2,1-2H3,(H,23,24). The number of halogens is 2. The van der Waals surface area contributed by atoms with Crippen LogP contribution >= 0.6 is 11.3 Å². The van der Waals surface area contributed by atoms with Crippen LogP contribution in [0.2, 0.25) is 0 Å². The summed E-state index contributed by atoms with van der Waals surface area (Å²) in [4.78, 5) is 27.3. The first-order valence-electron chi connectivity index (χ1n) is 7.67. The van der Waals surface area contributed by atoms with Gasteiger partial charge < -0.3 is 20.2 Å². The normalized spacial score (nSPS) is 15.6. The molecule has 0 bridgehead atoms. The van der Waals surface area contributed by atoms with Gasteiger partial charge in [0, 0.05) is 38.6 Å². The van der Waals surface area contributed by atoms with Crippen LogP contribution in [-0.4, -0.2) is 56.3 Å². The lowest BCUT2D eigenvalue weighted by atomic mass is 10.1. The average molecular weight is 369 g/mol. The molecule has 1 aliphatic heterocycles. The minimum atomic E-state index is -1.42. The molecule has 3 rings (SSSR count). The number of carboxylic acids is 1. The molecule has 1 fully saturated rings. The van der Waals surface area contributed by atoms with Crippen LogP contribution in [0.25, 0.3) is 10.1 Å². The molecule has 2 heterocycles. The Bertz CT molecular complexity index is 908. The van der Waals surface area contributed by atoms with Crippen molar-refractivity contribution in [2.45, 2.75) is 0 Å². The van der Waals surface area contributed by atoms with E-state index in [-0.39, 0.29) is 21.5 Å². The van der Waals surface area contributed by atoms with Gasteiger partial charge in [0.05, 0.1) is 15.8 Å². The van der Waals surface area contributed by atoms with Crippen molar-refractivity contribution >= 4 is 38.8 Å². The Kier molecular flexibility index (Phi) is 4.61. The van der Waals surface area contributed by atoms with Gasteiger partial charge in [-0.1, -0.05) is 0 Å². The van der Waals surface area contributed by atoms with E-state index in [9.17, 15) is 9.59 Å². The van der Waals surface area contributed by atoms with E-state index in [2.05, 4.69) is 10.2 Å². The second-order valence-corrected chi connectivity index (χ2v) is 6.76. The van der Waals surface area contributed by atoms with E-state index < -0.39 is 28.6 Å². The van der Waals surface area contributed by atoms with Crippen LogP contribution in [0.3, 0.4) is 0 Å². The molecule has 1 aromatic carbocycles. The van der Waals surface area contributed by atoms with Crippen LogP contribution in [-0.2, 0) is 0 Å². The summed E-state index contributed by atoms with van der Waals surface area (Å²) in [6.45, 7) is 2.25. The van der Waals surface area contributed by atoms with E-state index in [1.807, 2.05) is 7.05 Å². The van der Waals surface area contributed by atoms with Crippen molar-refractivity contribution in [1.29, 1.82) is 0 Å². The number of carbonyl (C=O) groups is 1. The number of likely N-dealkylation sites (N-methyl/N-ethyl adjacent to an activating group) is 1. The Morgan fingerprint density at radius 2 is 1.88 bits per heavy atom. The van der Waals surface area contributed by atoms with Crippen LogP contribution in [0.4, 0.5) is 20.2 Å². The van der Waals surface area contributed by atoms with Crippen LogP contribution in [0.5, 0.6) is 0 Å². The summed E-state index contributed by atoms with van der Waals surface area (Å²) >= 11 is 0.790. The number of fused-ring (bicyclic) bond motifs is 1. The predicted molar refractivity (Wildman–Crippen MR) is 94.2 cm³/mol. The number of nitrogens with one attached hydrogen (secondary N) is 1. The van der Waals surface area contributed by atoms with Gasteiger partial charge in [0.1, 0.15) is 11.3 Å². The first-order chi connectivity index (χ1) is 11.9. The number of hydrogen-bond donors (Lipinski definition) is 2. The number of nitrogens with zero attached hydrogens (tertiary/aromatic N) is 2. The Labute approximate surface area is 146 Å². The van der Waals surface area contributed by atoms with E-state index in [0.717, 1.165) is 16.7 Å². The number of benzene rings is 1. The topological polar surface area (TPSA) is 72.9 Å². The van der Waals surface area contributed by atoms with Crippen LogP contribution < -0.4 is 15.6 Å². The molecule has 25 heavy (non-hydrogen) atoms. The largest absolute Gasteiger partial charge is 0.478 e. The Morgan fingerprint density at radius 1 is 1.24 bits per heavy atom. The van der Waals surface area contributed by atoms with Gasteiger partial charge in [-0.25, -0.2) is 13.6 Å². The maximum absolute atomic E-state index is 15.0. The molecule has 0 saturated carbocycles. The molecule has 1 aliphatic rings. The Hall–Kier alpha value is -2.26. The van der Waals surface area contributed by atoms with Gasteiger partial charge in [-0.3, -0.25) is 4.79 Å². The van der Waals surface area contributed by atoms with Crippen molar-refractivity contribution in [3.05, 3.63) is 32.8 Å². The van der Waals surface area contributed by atoms with Crippen molar-refractivity contribution in [2.24, 2.45) is 0 Å². The van der Waals surface area contributed by atoms with E-state index in [4.69, 9.17) is 5.11 Å². The lowest BCUT2D eigenvalue weighted by Gasteiger charge is -2.34. The fourth-order valence-corrected chi connectivity index (χ4v) is 3.93. The van der Waals surface area contributed by atoms with Crippen molar-refractivity contribution in [1.82, 2.24) is 4.90 Å². The Balaban J connectivity index is 2.30. The van der Waals surface area contributed by atoms with Gasteiger partial charge in [0.15, 0.2) is 11.6 Å². The highest BCUT2D eigenvalue weighted by Gasteiger charge is 2.28.